The Morgan fingerprint density at radius 1 is 0.857 bits per heavy atom. The van der Waals surface area contributed by atoms with Crippen LogP contribution in [0.15, 0.2) is 0 Å². The lowest BCUT2D eigenvalue weighted by Crippen LogP contribution is -2.25. The van der Waals surface area contributed by atoms with Gasteiger partial charge in [-0.25, -0.2) is 4.79 Å². The molecule has 0 radical (unpaired) electrons. The van der Waals surface area contributed by atoms with Gasteiger partial charge in [0.1, 0.15) is 12.7 Å². The van der Waals surface area contributed by atoms with Crippen LogP contribution in [-0.4, -0.2) is 79.5 Å². The molecule has 4 rings (SSSR count). The molecule has 4 fully saturated rings. The average molecular weight is 398 g/mol. The van der Waals surface area contributed by atoms with Crippen molar-refractivity contribution in [1.82, 2.24) is 4.90 Å². The van der Waals surface area contributed by atoms with E-state index in [1.54, 1.807) is 14.1 Å². The van der Waals surface area contributed by atoms with Crippen LogP contribution in [0.1, 0.15) is 59.3 Å². The summed E-state index contributed by atoms with van der Waals surface area (Å²) in [5.74, 6) is 0. The Morgan fingerprint density at radius 3 is 1.93 bits per heavy atom. The lowest BCUT2D eigenvalue weighted by molar-refractivity contribution is 0.110. The van der Waals surface area contributed by atoms with Crippen LogP contribution in [0.4, 0.5) is 4.79 Å². The molecule has 0 aromatic carbocycles. The summed E-state index contributed by atoms with van der Waals surface area (Å²) in [4.78, 5) is 12.9. The lowest BCUT2D eigenvalue weighted by Gasteiger charge is -2.10. The third-order valence-corrected chi connectivity index (χ3v) is 6.67. The molecule has 7 heteroatoms. The first-order chi connectivity index (χ1) is 13.2. The molecule has 7 nitrogen and oxygen atoms in total. The number of hydrogen-bond acceptors (Lipinski definition) is 6. The molecule has 0 bridgehead atoms. The zero-order valence-electron chi connectivity index (χ0n) is 17.8. The van der Waals surface area contributed by atoms with Gasteiger partial charge in [-0.15, -0.1) is 0 Å². The number of rotatable bonds is 11. The van der Waals surface area contributed by atoms with Gasteiger partial charge in [-0.1, -0.05) is 0 Å². The summed E-state index contributed by atoms with van der Waals surface area (Å²) < 4.78 is 28.2. The Morgan fingerprint density at radius 2 is 1.39 bits per heavy atom. The van der Waals surface area contributed by atoms with E-state index < -0.39 is 0 Å². The molecule has 0 aliphatic carbocycles. The molecule has 4 aliphatic rings. The predicted molar refractivity (Wildman–Crippen MR) is 102 cm³/mol. The molecule has 4 aliphatic heterocycles. The van der Waals surface area contributed by atoms with Crippen LogP contribution < -0.4 is 0 Å². The van der Waals surface area contributed by atoms with E-state index in [2.05, 4.69) is 20.8 Å². The molecule has 160 valence electrons. The molecule has 28 heavy (non-hydrogen) atoms. The minimum atomic E-state index is -0.322. The molecule has 0 N–H and O–H groups in total. The zero-order chi connectivity index (χ0) is 20.1. The monoisotopic (exact) mass is 397 g/mol. The van der Waals surface area contributed by atoms with E-state index in [-0.39, 0.29) is 23.4 Å². The lowest BCUT2D eigenvalue weighted by atomic mass is 9.98. The van der Waals surface area contributed by atoms with Gasteiger partial charge >= 0.3 is 6.09 Å². The Hall–Kier alpha value is -0.890. The number of ether oxygens (including phenoxy) is 5. The van der Waals surface area contributed by atoms with E-state index in [9.17, 15) is 4.79 Å². The maximum atomic E-state index is 11.5. The Labute approximate surface area is 168 Å². The van der Waals surface area contributed by atoms with Crippen LogP contribution in [0, 0.1) is 0 Å². The van der Waals surface area contributed by atoms with Gasteiger partial charge < -0.3 is 28.6 Å². The van der Waals surface area contributed by atoms with Gasteiger partial charge in [0.25, 0.3) is 0 Å². The second-order valence-corrected chi connectivity index (χ2v) is 9.72. The second-order valence-electron chi connectivity index (χ2n) is 9.72. The summed E-state index contributed by atoms with van der Waals surface area (Å²) >= 11 is 0. The molecule has 4 saturated heterocycles. The number of carbonyl (C=O) groups is 1. The van der Waals surface area contributed by atoms with Crippen molar-refractivity contribution in [1.29, 1.82) is 0 Å². The van der Waals surface area contributed by atoms with Crippen LogP contribution in [-0.2, 0) is 23.7 Å². The summed E-state index contributed by atoms with van der Waals surface area (Å²) in [5.41, 5.74) is -0.0825. The van der Waals surface area contributed by atoms with Gasteiger partial charge in [0.2, 0.25) is 0 Å². The van der Waals surface area contributed by atoms with Crippen LogP contribution in [0.25, 0.3) is 0 Å². The first-order valence-electron chi connectivity index (χ1n) is 10.7. The van der Waals surface area contributed by atoms with Crippen molar-refractivity contribution in [2.24, 2.45) is 0 Å². The molecule has 0 aromatic rings. The van der Waals surface area contributed by atoms with Gasteiger partial charge in [0.15, 0.2) is 0 Å². The maximum Gasteiger partial charge on any atom is 0.409 e. The molecule has 0 aromatic heterocycles. The highest BCUT2D eigenvalue weighted by Crippen LogP contribution is 2.44. The van der Waals surface area contributed by atoms with Crippen molar-refractivity contribution in [2.75, 3.05) is 20.7 Å². The summed E-state index contributed by atoms with van der Waals surface area (Å²) in [5, 5.41) is 0. The van der Waals surface area contributed by atoms with Gasteiger partial charge in [-0.2, -0.15) is 0 Å². The molecular formula is C21H35NO6. The molecular weight excluding hydrogens is 362 g/mol. The minimum Gasteiger partial charge on any atom is -0.447 e. The summed E-state index contributed by atoms with van der Waals surface area (Å²) in [6.07, 6.45) is 8.04. The standard InChI is InChI=1S/C21H35NO6/c1-20(2)17(27-20)9-8-15-13(25-15)6-7-14-16(26-14)10-11-21(3)18(28-21)12-24-19(23)22(4)5/h13-18H,6-12H2,1-5H3/t13-,14-,15-,16-,17-,18-,21-/m1/s1. The van der Waals surface area contributed by atoms with Crippen molar-refractivity contribution in [2.45, 2.75) is 107 Å². The minimum absolute atomic E-state index is 0.00893. The quantitative estimate of drug-likeness (QED) is 0.499. The normalized spacial score (nSPS) is 42.0. The number of hydrogen-bond donors (Lipinski definition) is 0. The number of epoxide rings is 4. The molecule has 0 saturated carbocycles. The van der Waals surface area contributed by atoms with E-state index in [1.807, 2.05) is 0 Å². The van der Waals surface area contributed by atoms with E-state index in [0.717, 1.165) is 38.5 Å². The SMILES string of the molecule is CN(C)C(=O)OC[C@H]1O[C@]1(C)CC[C@H]1O[C@@H]1CC[C@H]1O[C@@H]1CC[C@H]1OC1(C)C. The van der Waals surface area contributed by atoms with Crippen LogP contribution >= 0.6 is 0 Å². The van der Waals surface area contributed by atoms with Crippen LogP contribution in [0.2, 0.25) is 0 Å². The van der Waals surface area contributed by atoms with Crippen LogP contribution in [0.5, 0.6) is 0 Å². The van der Waals surface area contributed by atoms with E-state index in [4.69, 9.17) is 23.7 Å². The largest absolute Gasteiger partial charge is 0.447 e. The Kier molecular flexibility index (Phi) is 5.40. The van der Waals surface area contributed by atoms with Gasteiger partial charge in [-0.05, 0) is 59.3 Å². The van der Waals surface area contributed by atoms with Crippen molar-refractivity contribution in [3.8, 4) is 0 Å². The van der Waals surface area contributed by atoms with E-state index in [0.29, 0.717) is 37.1 Å². The van der Waals surface area contributed by atoms with Crippen LogP contribution in [0.3, 0.4) is 0 Å². The first kappa shape index (κ1) is 20.4. The van der Waals surface area contributed by atoms with Crippen molar-refractivity contribution in [3.05, 3.63) is 0 Å². The Balaban J connectivity index is 1.02. The third kappa shape index (κ3) is 4.99. The van der Waals surface area contributed by atoms with Gasteiger partial charge in [0, 0.05) is 14.1 Å². The fourth-order valence-electron chi connectivity index (χ4n) is 4.18. The van der Waals surface area contributed by atoms with E-state index in [1.165, 1.54) is 4.90 Å². The smallest absolute Gasteiger partial charge is 0.409 e. The Bertz CT molecular complexity index is 595. The zero-order valence-corrected chi connectivity index (χ0v) is 17.8. The number of amides is 1. The molecule has 0 unspecified atom stereocenters. The number of nitrogens with zero attached hydrogens (tertiary/aromatic N) is 1. The van der Waals surface area contributed by atoms with Gasteiger partial charge in [-0.3, -0.25) is 0 Å². The van der Waals surface area contributed by atoms with Crippen molar-refractivity contribution in [3.63, 3.8) is 0 Å². The summed E-state index contributed by atoms with van der Waals surface area (Å²) in [6, 6.07) is 0. The fourth-order valence-corrected chi connectivity index (χ4v) is 4.18. The molecule has 0 spiro atoms. The fraction of sp³-hybridized carbons (Fsp3) is 0.952. The van der Waals surface area contributed by atoms with E-state index >= 15 is 0 Å². The van der Waals surface area contributed by atoms with Gasteiger partial charge in [0.05, 0.1) is 41.7 Å². The predicted octanol–water partition coefficient (Wildman–Crippen LogP) is 2.89. The number of carbonyl (C=O) groups excluding carboxylic acids is 1. The highest BCUT2D eigenvalue weighted by molar-refractivity contribution is 5.66. The topological polar surface area (TPSA) is 79.7 Å². The second kappa shape index (κ2) is 7.42. The summed E-state index contributed by atoms with van der Waals surface area (Å²) in [6.45, 7) is 6.72. The highest BCUT2D eigenvalue weighted by Gasteiger charge is 2.54. The first-order valence-corrected chi connectivity index (χ1v) is 10.7. The summed E-state index contributed by atoms with van der Waals surface area (Å²) in [7, 11) is 3.36. The molecule has 7 atom stereocenters. The third-order valence-electron chi connectivity index (χ3n) is 6.67. The molecule has 4 heterocycles. The van der Waals surface area contributed by atoms with Crippen molar-refractivity contribution >= 4 is 6.09 Å². The average Bonchev–Trinajstić information content (AvgIpc) is 3.47. The maximum absolute atomic E-state index is 11.5. The van der Waals surface area contributed by atoms with Crippen molar-refractivity contribution < 1.29 is 28.5 Å². The molecule has 1 amide bonds. The highest BCUT2D eigenvalue weighted by atomic mass is 16.6.